The summed E-state index contributed by atoms with van der Waals surface area (Å²) >= 11 is 0. The lowest BCUT2D eigenvalue weighted by Crippen LogP contribution is -2.41. The molecule has 8 heteroatoms. The Hall–Kier alpha value is -1.80. The van der Waals surface area contributed by atoms with Crippen LogP contribution in [-0.4, -0.2) is 53.6 Å². The van der Waals surface area contributed by atoms with Gasteiger partial charge in [-0.15, -0.1) is 0 Å². The summed E-state index contributed by atoms with van der Waals surface area (Å²) in [6, 6.07) is 0.505. The molecular weight excluding hydrogens is 308 g/mol. The van der Waals surface area contributed by atoms with Gasteiger partial charge in [-0.05, 0) is 33.9 Å². The van der Waals surface area contributed by atoms with E-state index in [1.54, 1.807) is 11.6 Å². The van der Waals surface area contributed by atoms with Gasteiger partial charge in [-0.2, -0.15) is 0 Å². The molecule has 24 heavy (non-hydrogen) atoms. The van der Waals surface area contributed by atoms with Crippen molar-refractivity contribution < 1.29 is 0 Å². The standard InChI is InChI=1S/C16H28N6O2/c1-11(19(2)3)7-5-6-9-22-14(23)12-13(20(4)16(22)24)18-15-17-8-10-21(12)15/h11,15,17-18H,5-10H2,1-4H3. The summed E-state index contributed by atoms with van der Waals surface area (Å²) in [5, 5.41) is 6.51. The number of nitrogens with zero attached hydrogens (tertiary/aromatic N) is 4. The maximum absolute atomic E-state index is 12.8. The highest BCUT2D eigenvalue weighted by molar-refractivity contribution is 5.72. The smallest absolute Gasteiger partial charge is 0.332 e. The van der Waals surface area contributed by atoms with Crippen molar-refractivity contribution in [3.05, 3.63) is 20.8 Å². The van der Waals surface area contributed by atoms with E-state index in [0.29, 0.717) is 24.1 Å². The largest absolute Gasteiger partial charge is 0.337 e. The number of unbranched alkanes of at least 4 members (excludes halogenated alkanes) is 1. The summed E-state index contributed by atoms with van der Waals surface area (Å²) in [5.41, 5.74) is 0.203. The molecule has 1 aromatic heterocycles. The molecule has 2 aliphatic heterocycles. The van der Waals surface area contributed by atoms with Gasteiger partial charge in [-0.3, -0.25) is 19.2 Å². The molecule has 3 heterocycles. The Labute approximate surface area is 142 Å². The number of fused-ring (bicyclic) bond motifs is 3. The van der Waals surface area contributed by atoms with Crippen LogP contribution in [0.25, 0.3) is 0 Å². The second-order valence-corrected chi connectivity index (χ2v) is 7.00. The fraction of sp³-hybridized carbons (Fsp3) is 0.750. The first-order valence-corrected chi connectivity index (χ1v) is 8.68. The number of rotatable bonds is 6. The minimum Gasteiger partial charge on any atom is -0.337 e. The van der Waals surface area contributed by atoms with Crippen molar-refractivity contribution in [2.24, 2.45) is 7.05 Å². The molecule has 134 valence electrons. The van der Waals surface area contributed by atoms with Crippen molar-refractivity contribution in [2.45, 2.75) is 45.1 Å². The van der Waals surface area contributed by atoms with E-state index >= 15 is 0 Å². The van der Waals surface area contributed by atoms with Crippen molar-refractivity contribution in [2.75, 3.05) is 37.4 Å². The van der Waals surface area contributed by atoms with Crippen molar-refractivity contribution >= 4 is 11.5 Å². The minimum absolute atomic E-state index is 0.0740. The first-order valence-electron chi connectivity index (χ1n) is 8.68. The fourth-order valence-corrected chi connectivity index (χ4v) is 3.40. The Morgan fingerprint density at radius 2 is 2.04 bits per heavy atom. The van der Waals surface area contributed by atoms with Crippen LogP contribution in [-0.2, 0) is 13.6 Å². The van der Waals surface area contributed by atoms with Crippen LogP contribution < -0.4 is 26.8 Å². The van der Waals surface area contributed by atoms with Crippen molar-refractivity contribution in [3.8, 4) is 0 Å². The first-order chi connectivity index (χ1) is 11.4. The summed E-state index contributed by atoms with van der Waals surface area (Å²) in [7, 11) is 5.86. The molecule has 0 aliphatic carbocycles. The lowest BCUT2D eigenvalue weighted by Gasteiger charge is -2.19. The van der Waals surface area contributed by atoms with Crippen LogP contribution in [0.4, 0.5) is 11.5 Å². The molecule has 3 rings (SSSR count). The highest BCUT2D eigenvalue weighted by Crippen LogP contribution is 2.30. The molecule has 2 atom stereocenters. The summed E-state index contributed by atoms with van der Waals surface area (Å²) in [6.07, 6.45) is 2.82. The minimum atomic E-state index is -0.243. The van der Waals surface area contributed by atoms with Gasteiger partial charge >= 0.3 is 5.69 Å². The number of aromatic nitrogens is 2. The summed E-state index contributed by atoms with van der Waals surface area (Å²) < 4.78 is 2.95. The van der Waals surface area contributed by atoms with E-state index in [1.807, 2.05) is 4.90 Å². The van der Waals surface area contributed by atoms with Crippen molar-refractivity contribution in [1.82, 2.24) is 19.4 Å². The predicted molar refractivity (Wildman–Crippen MR) is 95.7 cm³/mol. The zero-order chi connectivity index (χ0) is 17.4. The zero-order valence-corrected chi connectivity index (χ0v) is 15.0. The maximum atomic E-state index is 12.8. The monoisotopic (exact) mass is 336 g/mol. The van der Waals surface area contributed by atoms with Gasteiger partial charge in [-0.25, -0.2) is 4.79 Å². The SMILES string of the molecule is CC(CCCCn1c(=O)c2c(n(C)c1=O)NC1NCCN21)N(C)C. The van der Waals surface area contributed by atoms with Gasteiger partial charge < -0.3 is 15.1 Å². The Bertz CT molecular complexity index is 723. The summed E-state index contributed by atoms with van der Waals surface area (Å²) in [6.45, 7) is 4.28. The van der Waals surface area contributed by atoms with Gasteiger partial charge in [-0.1, -0.05) is 6.42 Å². The summed E-state index contributed by atoms with van der Waals surface area (Å²) in [4.78, 5) is 29.6. The Balaban J connectivity index is 1.78. The number of hydrogen-bond donors (Lipinski definition) is 2. The number of hydrogen-bond acceptors (Lipinski definition) is 6. The van der Waals surface area contributed by atoms with Gasteiger partial charge in [0.25, 0.3) is 5.56 Å². The highest BCUT2D eigenvalue weighted by Gasteiger charge is 2.37. The lowest BCUT2D eigenvalue weighted by molar-refractivity contribution is 0.290. The van der Waals surface area contributed by atoms with Crippen LogP contribution >= 0.6 is 0 Å². The molecule has 0 radical (unpaired) electrons. The Kier molecular flexibility index (Phi) is 4.69. The van der Waals surface area contributed by atoms with E-state index in [0.717, 1.165) is 32.4 Å². The average Bonchev–Trinajstić information content (AvgIpc) is 3.12. The third-order valence-electron chi connectivity index (χ3n) is 5.22. The van der Waals surface area contributed by atoms with E-state index in [4.69, 9.17) is 0 Å². The molecule has 1 fully saturated rings. The van der Waals surface area contributed by atoms with Gasteiger partial charge in [0.05, 0.1) is 0 Å². The second-order valence-electron chi connectivity index (χ2n) is 7.00. The van der Waals surface area contributed by atoms with Crippen molar-refractivity contribution in [1.29, 1.82) is 0 Å². The van der Waals surface area contributed by atoms with E-state index in [1.165, 1.54) is 4.57 Å². The van der Waals surface area contributed by atoms with E-state index in [9.17, 15) is 9.59 Å². The number of anilines is 2. The molecule has 2 unspecified atom stereocenters. The molecular formula is C16H28N6O2. The topological polar surface area (TPSA) is 74.5 Å². The molecule has 0 aromatic carbocycles. The van der Waals surface area contributed by atoms with Gasteiger partial charge in [0.2, 0.25) is 0 Å². The molecule has 2 aliphatic rings. The maximum Gasteiger partial charge on any atom is 0.332 e. The molecule has 0 saturated carbocycles. The van der Waals surface area contributed by atoms with E-state index in [-0.39, 0.29) is 17.5 Å². The normalized spacial score (nSPS) is 20.2. The molecule has 0 bridgehead atoms. The molecule has 0 amide bonds. The third kappa shape index (κ3) is 2.84. The van der Waals surface area contributed by atoms with Crippen LogP contribution in [0.1, 0.15) is 26.2 Å². The Morgan fingerprint density at radius 3 is 2.75 bits per heavy atom. The summed E-state index contributed by atoms with van der Waals surface area (Å²) in [5.74, 6) is 0.625. The van der Waals surface area contributed by atoms with E-state index in [2.05, 4.69) is 36.6 Å². The van der Waals surface area contributed by atoms with Crippen molar-refractivity contribution in [3.63, 3.8) is 0 Å². The molecule has 1 aromatic rings. The zero-order valence-electron chi connectivity index (χ0n) is 15.0. The lowest BCUT2D eigenvalue weighted by atomic mass is 10.1. The second kappa shape index (κ2) is 6.60. The average molecular weight is 336 g/mol. The number of nitrogens with one attached hydrogen (secondary N) is 2. The van der Waals surface area contributed by atoms with E-state index < -0.39 is 0 Å². The van der Waals surface area contributed by atoms with Gasteiger partial charge in [0.1, 0.15) is 11.5 Å². The first kappa shape index (κ1) is 17.0. The fourth-order valence-electron chi connectivity index (χ4n) is 3.40. The molecule has 1 saturated heterocycles. The van der Waals surface area contributed by atoms with Gasteiger partial charge in [0, 0.05) is 32.7 Å². The van der Waals surface area contributed by atoms with Crippen LogP contribution in [0, 0.1) is 0 Å². The van der Waals surface area contributed by atoms with Crippen LogP contribution in [0.3, 0.4) is 0 Å². The Morgan fingerprint density at radius 1 is 1.29 bits per heavy atom. The van der Waals surface area contributed by atoms with Crippen LogP contribution in [0.5, 0.6) is 0 Å². The molecule has 8 nitrogen and oxygen atoms in total. The van der Waals surface area contributed by atoms with Crippen LogP contribution in [0.15, 0.2) is 9.59 Å². The molecule has 2 N–H and O–H groups in total. The van der Waals surface area contributed by atoms with Crippen LogP contribution in [0.2, 0.25) is 0 Å². The quantitative estimate of drug-likeness (QED) is 0.700. The third-order valence-corrected chi connectivity index (χ3v) is 5.22. The highest BCUT2D eigenvalue weighted by atomic mass is 16.2. The molecule has 0 spiro atoms. The van der Waals surface area contributed by atoms with Gasteiger partial charge in [0.15, 0.2) is 6.29 Å². The predicted octanol–water partition coefficient (Wildman–Crippen LogP) is -0.214.